The van der Waals surface area contributed by atoms with Crippen molar-refractivity contribution < 1.29 is 27.8 Å². The number of primary amides is 1. The summed E-state index contributed by atoms with van der Waals surface area (Å²) in [6.07, 6.45) is 1.23. The lowest BCUT2D eigenvalue weighted by Crippen LogP contribution is -2.47. The zero-order chi connectivity index (χ0) is 21.8. The van der Waals surface area contributed by atoms with Crippen LogP contribution in [0.5, 0.6) is 5.75 Å². The van der Waals surface area contributed by atoms with Crippen LogP contribution in [0.4, 0.5) is 0 Å². The summed E-state index contributed by atoms with van der Waals surface area (Å²) in [7, 11) is -2.66. The molecule has 1 amide bonds. The third-order valence-corrected chi connectivity index (χ3v) is 6.85. The van der Waals surface area contributed by atoms with Gasteiger partial charge in [-0.2, -0.15) is 0 Å². The number of sulfonamides is 1. The lowest BCUT2D eigenvalue weighted by Gasteiger charge is -2.39. The van der Waals surface area contributed by atoms with Crippen LogP contribution in [-0.2, 0) is 20.4 Å². The van der Waals surface area contributed by atoms with Crippen LogP contribution in [0.2, 0.25) is 0 Å². The summed E-state index contributed by atoms with van der Waals surface area (Å²) in [6, 6.07) is 12.9. The Hall–Kier alpha value is -2.46. The molecule has 2 aromatic carbocycles. The van der Waals surface area contributed by atoms with Crippen molar-refractivity contribution in [2.45, 2.75) is 23.3 Å². The van der Waals surface area contributed by atoms with E-state index >= 15 is 0 Å². The van der Waals surface area contributed by atoms with E-state index in [9.17, 15) is 18.3 Å². The van der Waals surface area contributed by atoms with Crippen molar-refractivity contribution in [3.63, 3.8) is 0 Å². The molecule has 9 heteroatoms. The molecule has 1 aliphatic heterocycles. The molecule has 0 aromatic heterocycles. The Balaban J connectivity index is 1.89. The van der Waals surface area contributed by atoms with E-state index in [1.54, 1.807) is 24.3 Å². The molecule has 0 radical (unpaired) electrons. The van der Waals surface area contributed by atoms with Gasteiger partial charge >= 0.3 is 0 Å². The number of carbonyl (C=O) groups excluding carboxylic acids is 1. The van der Waals surface area contributed by atoms with E-state index < -0.39 is 21.5 Å². The number of benzene rings is 2. The zero-order valence-corrected chi connectivity index (χ0v) is 17.5. The maximum atomic E-state index is 12.9. The topological polar surface area (TPSA) is 128 Å². The van der Waals surface area contributed by atoms with Gasteiger partial charge in [0, 0.05) is 19.8 Å². The minimum atomic E-state index is -4.03. The fourth-order valence-corrected chi connectivity index (χ4v) is 4.82. The second-order valence-electron chi connectivity index (χ2n) is 7.23. The normalized spacial score (nSPS) is 17.3. The van der Waals surface area contributed by atoms with E-state index in [1.165, 1.54) is 25.3 Å². The molecule has 162 valence electrons. The number of carbonyl (C=O) groups is 1. The van der Waals surface area contributed by atoms with E-state index in [-0.39, 0.29) is 28.7 Å². The molecule has 0 saturated carbocycles. The molecular weight excluding hydrogens is 408 g/mol. The Morgan fingerprint density at radius 1 is 1.23 bits per heavy atom. The van der Waals surface area contributed by atoms with Crippen molar-refractivity contribution in [3.8, 4) is 5.75 Å². The minimum absolute atomic E-state index is 0.0388. The van der Waals surface area contributed by atoms with Crippen LogP contribution in [0.1, 0.15) is 28.8 Å². The van der Waals surface area contributed by atoms with Gasteiger partial charge in [-0.1, -0.05) is 30.3 Å². The largest absolute Gasteiger partial charge is 0.496 e. The van der Waals surface area contributed by atoms with Crippen molar-refractivity contribution in [2.24, 2.45) is 11.7 Å². The molecule has 1 aliphatic rings. The van der Waals surface area contributed by atoms with E-state index in [4.69, 9.17) is 15.2 Å². The van der Waals surface area contributed by atoms with Gasteiger partial charge in [0.25, 0.3) is 5.91 Å². The molecule has 4 N–H and O–H groups in total. The summed E-state index contributed by atoms with van der Waals surface area (Å²) in [4.78, 5) is 11.5. The van der Waals surface area contributed by atoms with Crippen molar-refractivity contribution in [3.05, 3.63) is 59.7 Å². The average molecular weight is 435 g/mol. The van der Waals surface area contributed by atoms with E-state index in [0.717, 1.165) is 0 Å². The summed E-state index contributed by atoms with van der Waals surface area (Å²) in [6.45, 7) is 0.794. The van der Waals surface area contributed by atoms with Crippen LogP contribution >= 0.6 is 0 Å². The van der Waals surface area contributed by atoms with Crippen molar-refractivity contribution >= 4 is 15.9 Å². The molecule has 0 spiro atoms. The summed E-state index contributed by atoms with van der Waals surface area (Å²) in [5, 5.41) is 11.6. The summed E-state index contributed by atoms with van der Waals surface area (Å²) in [5.41, 5.74) is 4.52. The molecule has 8 nitrogen and oxygen atoms in total. The molecule has 0 unspecified atom stereocenters. The number of rotatable bonds is 8. The number of methoxy groups -OCH3 is 1. The molecule has 3 rings (SSSR count). The number of nitrogens with two attached hydrogens (primary N) is 1. The Kier molecular flexibility index (Phi) is 6.77. The van der Waals surface area contributed by atoms with E-state index in [0.29, 0.717) is 31.6 Å². The van der Waals surface area contributed by atoms with E-state index in [2.05, 4.69) is 4.72 Å². The predicted octanol–water partition coefficient (Wildman–Crippen LogP) is 1.39. The minimum Gasteiger partial charge on any atom is -0.496 e. The summed E-state index contributed by atoms with van der Waals surface area (Å²) < 4.78 is 38.8. The molecule has 0 aliphatic carbocycles. The Morgan fingerprint density at radius 2 is 1.90 bits per heavy atom. The first kappa shape index (κ1) is 22.2. The number of nitrogens with one attached hydrogen (secondary N) is 1. The molecule has 2 aromatic rings. The first-order valence-corrected chi connectivity index (χ1v) is 11.1. The first-order valence-electron chi connectivity index (χ1n) is 9.61. The van der Waals surface area contributed by atoms with Crippen LogP contribution in [0.25, 0.3) is 0 Å². The maximum absolute atomic E-state index is 12.9. The lowest BCUT2D eigenvalue weighted by molar-refractivity contribution is -0.0663. The number of hydrogen-bond acceptors (Lipinski definition) is 6. The highest BCUT2D eigenvalue weighted by Gasteiger charge is 2.40. The van der Waals surface area contributed by atoms with Crippen LogP contribution < -0.4 is 15.2 Å². The third-order valence-electron chi connectivity index (χ3n) is 5.45. The highest BCUT2D eigenvalue weighted by atomic mass is 32.2. The van der Waals surface area contributed by atoms with Crippen LogP contribution in [0.15, 0.2) is 53.4 Å². The Bertz CT molecular complexity index is 990. The highest BCUT2D eigenvalue weighted by molar-refractivity contribution is 7.89. The molecule has 1 atom stereocenters. The van der Waals surface area contributed by atoms with Gasteiger partial charge in [-0.05, 0) is 42.5 Å². The molecular formula is C21H26N2O6S. The Labute approximate surface area is 176 Å². The van der Waals surface area contributed by atoms with Crippen molar-refractivity contribution in [2.75, 3.05) is 26.9 Å². The smallest absolute Gasteiger partial charge is 0.252 e. The molecule has 0 bridgehead atoms. The highest BCUT2D eigenvalue weighted by Crippen LogP contribution is 2.36. The van der Waals surface area contributed by atoms with Gasteiger partial charge in [0.15, 0.2) is 0 Å². The maximum Gasteiger partial charge on any atom is 0.252 e. The van der Waals surface area contributed by atoms with Crippen molar-refractivity contribution in [1.29, 1.82) is 0 Å². The van der Waals surface area contributed by atoms with Crippen LogP contribution in [-0.4, -0.2) is 46.3 Å². The molecule has 1 saturated heterocycles. The summed E-state index contributed by atoms with van der Waals surface area (Å²) in [5.74, 6) is -0.787. The molecule has 1 heterocycles. The second-order valence-corrected chi connectivity index (χ2v) is 8.99. The predicted molar refractivity (Wildman–Crippen MR) is 111 cm³/mol. The lowest BCUT2D eigenvalue weighted by atomic mass is 9.77. The fraction of sp³-hybridized carbons (Fsp3) is 0.381. The number of ether oxygens (including phenoxy) is 2. The second kappa shape index (κ2) is 9.13. The summed E-state index contributed by atoms with van der Waals surface area (Å²) >= 11 is 0. The van der Waals surface area contributed by atoms with Gasteiger partial charge in [-0.25, -0.2) is 13.1 Å². The van der Waals surface area contributed by atoms with Crippen LogP contribution in [0, 0.1) is 5.92 Å². The fourth-order valence-electron chi connectivity index (χ4n) is 3.72. The Morgan fingerprint density at radius 3 is 2.50 bits per heavy atom. The SMILES string of the molecule is COc1ccc(S(=O)(=O)NC[C@@](O)(c2ccccc2)C2CCOCC2)cc1C(N)=O. The van der Waals surface area contributed by atoms with Gasteiger partial charge in [0.05, 0.1) is 17.6 Å². The monoisotopic (exact) mass is 434 g/mol. The number of amides is 1. The number of aliphatic hydroxyl groups is 1. The zero-order valence-electron chi connectivity index (χ0n) is 16.7. The van der Waals surface area contributed by atoms with E-state index in [1.807, 2.05) is 6.07 Å². The van der Waals surface area contributed by atoms with Gasteiger partial charge in [-0.3, -0.25) is 4.79 Å². The average Bonchev–Trinajstić information content (AvgIpc) is 2.78. The van der Waals surface area contributed by atoms with Gasteiger partial charge in [-0.15, -0.1) is 0 Å². The standard InChI is InChI=1S/C21H26N2O6S/c1-28-19-8-7-17(13-18(19)20(22)24)30(26,27)23-14-21(25,15-5-3-2-4-6-15)16-9-11-29-12-10-16/h2-8,13,16,23,25H,9-12,14H2,1H3,(H2,22,24)/t21-/m1/s1. The first-order chi connectivity index (χ1) is 14.3. The van der Waals surface area contributed by atoms with Gasteiger partial charge in [0.2, 0.25) is 10.0 Å². The molecule has 1 fully saturated rings. The third kappa shape index (κ3) is 4.65. The quantitative estimate of drug-likeness (QED) is 0.576. The van der Waals surface area contributed by atoms with Gasteiger partial charge < -0.3 is 20.3 Å². The van der Waals surface area contributed by atoms with Crippen LogP contribution in [0.3, 0.4) is 0 Å². The van der Waals surface area contributed by atoms with Gasteiger partial charge in [0.1, 0.15) is 11.4 Å². The molecule has 30 heavy (non-hydrogen) atoms. The number of hydrogen-bond donors (Lipinski definition) is 3. The van der Waals surface area contributed by atoms with Crippen molar-refractivity contribution in [1.82, 2.24) is 4.72 Å².